The van der Waals surface area contributed by atoms with E-state index in [1.807, 2.05) is 30.3 Å². The fourth-order valence-electron chi connectivity index (χ4n) is 7.75. The molecule has 0 N–H and O–H groups in total. The molecule has 246 valence electrons. The summed E-state index contributed by atoms with van der Waals surface area (Å²) in [4.78, 5) is 15.4. The molecule has 52 heavy (non-hydrogen) atoms. The molecule has 1 aliphatic rings. The molecule has 0 aliphatic heterocycles. The first-order valence-electron chi connectivity index (χ1n) is 17.8. The van der Waals surface area contributed by atoms with Crippen molar-refractivity contribution in [2.24, 2.45) is 0 Å². The Kier molecular flexibility index (Phi) is 7.14. The number of allylic oxidation sites excluding steroid dienone is 1. The van der Waals surface area contributed by atoms with E-state index in [1.165, 1.54) is 44.0 Å². The average Bonchev–Trinajstić information content (AvgIpc) is 3.60. The van der Waals surface area contributed by atoms with E-state index in [4.69, 9.17) is 19.4 Å². The Hall–Kier alpha value is -6.65. The molecule has 2 aromatic heterocycles. The Morgan fingerprint density at radius 1 is 0.481 bits per heavy atom. The van der Waals surface area contributed by atoms with E-state index < -0.39 is 0 Å². The molecule has 0 spiro atoms. The summed E-state index contributed by atoms with van der Waals surface area (Å²) in [5.74, 6) is 3.05. The molecule has 1 unspecified atom stereocenters. The van der Waals surface area contributed by atoms with Crippen molar-refractivity contribution in [3.05, 3.63) is 175 Å². The van der Waals surface area contributed by atoms with Gasteiger partial charge in [0.2, 0.25) is 0 Å². The SMILES string of the molecule is CC1CC(c2ccc3ccccc3c2)=Cc2oc3cccc(-c4nc(-c5ccccc5)nc(-c5ccc6ccc(-c7ccccc7)cc6c5)n4)c3c21. The number of hydrogen-bond acceptors (Lipinski definition) is 4. The lowest BCUT2D eigenvalue weighted by Gasteiger charge is -2.20. The first-order chi connectivity index (χ1) is 25.6. The third-order valence-electron chi connectivity index (χ3n) is 10.3. The van der Waals surface area contributed by atoms with E-state index in [1.54, 1.807) is 0 Å². The van der Waals surface area contributed by atoms with Crippen LogP contribution in [0.3, 0.4) is 0 Å². The van der Waals surface area contributed by atoms with Crippen molar-refractivity contribution in [3.63, 3.8) is 0 Å². The third kappa shape index (κ3) is 5.28. The smallest absolute Gasteiger partial charge is 0.164 e. The minimum absolute atomic E-state index is 0.234. The highest BCUT2D eigenvalue weighted by Crippen LogP contribution is 2.46. The molecule has 10 rings (SSSR count). The fourth-order valence-corrected chi connectivity index (χ4v) is 7.75. The number of aromatic nitrogens is 3. The molecule has 1 atom stereocenters. The standard InChI is InChI=1S/C48H33N3O/c1-30-25-39(37-23-19-32-13-8-9-16-35(32)26-37)29-43-44(30)45-41(17-10-18-42(45)52-43)48-50-46(34-14-6-3-7-15-34)49-47(51-48)38-24-21-33-20-22-36(27-40(33)28-38)31-11-4-2-5-12-31/h2-24,26-30H,25H2,1H3. The van der Waals surface area contributed by atoms with Gasteiger partial charge in [-0.1, -0.05) is 140 Å². The molecule has 0 fully saturated rings. The van der Waals surface area contributed by atoms with Crippen LogP contribution < -0.4 is 0 Å². The van der Waals surface area contributed by atoms with Crippen LogP contribution in [-0.2, 0) is 0 Å². The summed E-state index contributed by atoms with van der Waals surface area (Å²) in [5.41, 5.74) is 9.76. The van der Waals surface area contributed by atoms with Gasteiger partial charge in [0, 0.05) is 27.6 Å². The van der Waals surface area contributed by atoms with Crippen molar-refractivity contribution in [1.82, 2.24) is 15.0 Å². The average molecular weight is 668 g/mol. The maximum atomic E-state index is 6.64. The first-order valence-corrected chi connectivity index (χ1v) is 17.8. The van der Waals surface area contributed by atoms with Crippen molar-refractivity contribution in [1.29, 1.82) is 0 Å². The quantitative estimate of drug-likeness (QED) is 0.183. The zero-order chi connectivity index (χ0) is 34.6. The monoisotopic (exact) mass is 667 g/mol. The molecule has 9 aromatic rings. The predicted molar refractivity (Wildman–Crippen MR) is 214 cm³/mol. The highest BCUT2D eigenvalue weighted by molar-refractivity contribution is 6.01. The van der Waals surface area contributed by atoms with Gasteiger partial charge in [0.1, 0.15) is 11.3 Å². The Labute approximate surface area is 301 Å². The second-order valence-electron chi connectivity index (χ2n) is 13.7. The number of hydrogen-bond donors (Lipinski definition) is 0. The van der Waals surface area contributed by atoms with Crippen LogP contribution in [0.5, 0.6) is 0 Å². The molecular formula is C48H33N3O. The van der Waals surface area contributed by atoms with Gasteiger partial charge in [-0.25, -0.2) is 15.0 Å². The first kappa shape index (κ1) is 30.2. The Bertz CT molecular complexity index is 2840. The largest absolute Gasteiger partial charge is 0.456 e. The minimum Gasteiger partial charge on any atom is -0.456 e. The fraction of sp³-hybridized carbons (Fsp3) is 0.0625. The summed E-state index contributed by atoms with van der Waals surface area (Å²) in [6.45, 7) is 2.30. The summed E-state index contributed by atoms with van der Waals surface area (Å²) in [6, 6.07) is 55.2. The molecule has 4 heteroatoms. The zero-order valence-electron chi connectivity index (χ0n) is 28.6. The van der Waals surface area contributed by atoms with Crippen molar-refractivity contribution < 1.29 is 4.42 Å². The zero-order valence-corrected chi connectivity index (χ0v) is 28.6. The number of fused-ring (bicyclic) bond motifs is 5. The van der Waals surface area contributed by atoms with Crippen LogP contribution in [0.2, 0.25) is 0 Å². The normalized spacial score (nSPS) is 14.1. The van der Waals surface area contributed by atoms with Gasteiger partial charge in [0.15, 0.2) is 17.5 Å². The van der Waals surface area contributed by atoms with Crippen LogP contribution in [0.15, 0.2) is 162 Å². The maximum absolute atomic E-state index is 6.64. The number of nitrogens with zero attached hydrogens (tertiary/aromatic N) is 3. The molecule has 0 radical (unpaired) electrons. The van der Waals surface area contributed by atoms with E-state index >= 15 is 0 Å². The Morgan fingerprint density at radius 3 is 1.87 bits per heavy atom. The summed E-state index contributed by atoms with van der Waals surface area (Å²) >= 11 is 0. The Morgan fingerprint density at radius 2 is 1.08 bits per heavy atom. The summed E-state index contributed by atoms with van der Waals surface area (Å²) in [5, 5.41) is 5.86. The molecule has 4 nitrogen and oxygen atoms in total. The highest BCUT2D eigenvalue weighted by atomic mass is 16.3. The topological polar surface area (TPSA) is 51.8 Å². The lowest BCUT2D eigenvalue weighted by Crippen LogP contribution is -2.04. The van der Waals surface area contributed by atoms with Crippen LogP contribution in [-0.4, -0.2) is 15.0 Å². The Balaban J connectivity index is 1.12. The highest BCUT2D eigenvalue weighted by Gasteiger charge is 2.28. The van der Waals surface area contributed by atoms with Gasteiger partial charge < -0.3 is 4.42 Å². The van der Waals surface area contributed by atoms with Crippen molar-refractivity contribution in [3.8, 4) is 45.3 Å². The molecule has 0 saturated heterocycles. The maximum Gasteiger partial charge on any atom is 0.164 e. The van der Waals surface area contributed by atoms with Crippen molar-refractivity contribution in [2.45, 2.75) is 19.3 Å². The van der Waals surface area contributed by atoms with Crippen LogP contribution in [0.1, 0.15) is 36.1 Å². The van der Waals surface area contributed by atoms with Crippen LogP contribution in [0.4, 0.5) is 0 Å². The van der Waals surface area contributed by atoms with Gasteiger partial charge in [-0.2, -0.15) is 0 Å². The molecule has 2 heterocycles. The molecule has 1 aliphatic carbocycles. The molecule has 0 bridgehead atoms. The summed E-state index contributed by atoms with van der Waals surface area (Å²) < 4.78 is 6.64. The number of benzene rings is 7. The van der Waals surface area contributed by atoms with Gasteiger partial charge in [0.25, 0.3) is 0 Å². The second-order valence-corrected chi connectivity index (χ2v) is 13.7. The van der Waals surface area contributed by atoms with Crippen LogP contribution in [0, 0.1) is 0 Å². The third-order valence-corrected chi connectivity index (χ3v) is 10.3. The van der Waals surface area contributed by atoms with E-state index in [0.29, 0.717) is 17.5 Å². The van der Waals surface area contributed by atoms with Crippen molar-refractivity contribution in [2.75, 3.05) is 0 Å². The molecular weight excluding hydrogens is 635 g/mol. The van der Waals surface area contributed by atoms with Gasteiger partial charge in [-0.15, -0.1) is 0 Å². The molecule has 0 saturated carbocycles. The summed E-state index contributed by atoms with van der Waals surface area (Å²) in [6.07, 6.45) is 3.14. The molecule has 7 aromatic carbocycles. The van der Waals surface area contributed by atoms with Gasteiger partial charge >= 0.3 is 0 Å². The lowest BCUT2D eigenvalue weighted by molar-refractivity contribution is 0.588. The van der Waals surface area contributed by atoms with Crippen molar-refractivity contribution >= 4 is 44.2 Å². The van der Waals surface area contributed by atoms with E-state index in [9.17, 15) is 0 Å². The summed E-state index contributed by atoms with van der Waals surface area (Å²) in [7, 11) is 0. The van der Waals surface area contributed by atoms with Gasteiger partial charge in [0.05, 0.1) is 0 Å². The van der Waals surface area contributed by atoms with E-state index in [2.05, 4.69) is 140 Å². The van der Waals surface area contributed by atoms with Crippen LogP contribution >= 0.6 is 0 Å². The predicted octanol–water partition coefficient (Wildman–Crippen LogP) is 12.6. The van der Waals surface area contributed by atoms with E-state index in [0.717, 1.165) is 45.2 Å². The van der Waals surface area contributed by atoms with Crippen LogP contribution in [0.25, 0.3) is 89.5 Å². The second kappa shape index (κ2) is 12.3. The lowest BCUT2D eigenvalue weighted by atomic mass is 9.82. The number of furan rings is 1. The van der Waals surface area contributed by atoms with Gasteiger partial charge in [-0.3, -0.25) is 0 Å². The number of rotatable bonds is 5. The van der Waals surface area contributed by atoms with E-state index in [-0.39, 0.29) is 5.92 Å². The molecule has 0 amide bonds. The minimum atomic E-state index is 0.234. The van der Waals surface area contributed by atoms with Gasteiger partial charge in [-0.05, 0) is 86.5 Å².